The molecule has 0 bridgehead atoms. The minimum atomic E-state index is -3.46. The summed E-state index contributed by atoms with van der Waals surface area (Å²) in [6.07, 6.45) is 1.68. The SMILES string of the molecule is CCCN(C1CCNC1)S(=O)(=O)c1cc(C)oc1C. The topological polar surface area (TPSA) is 62.6 Å². The van der Waals surface area contributed by atoms with Crippen LogP contribution in [0.2, 0.25) is 0 Å². The summed E-state index contributed by atoms with van der Waals surface area (Å²) in [7, 11) is -3.46. The Morgan fingerprint density at radius 3 is 2.68 bits per heavy atom. The lowest BCUT2D eigenvalue weighted by Crippen LogP contribution is -2.42. The molecule has 2 rings (SSSR count). The number of furan rings is 1. The number of sulfonamides is 1. The van der Waals surface area contributed by atoms with Gasteiger partial charge in [-0.2, -0.15) is 4.31 Å². The predicted octanol–water partition coefficient (Wildman–Crippen LogP) is 1.66. The molecule has 1 aromatic rings. The molecule has 0 amide bonds. The van der Waals surface area contributed by atoms with Crippen LogP contribution in [0, 0.1) is 13.8 Å². The van der Waals surface area contributed by atoms with Crippen LogP contribution < -0.4 is 5.32 Å². The highest BCUT2D eigenvalue weighted by atomic mass is 32.2. The number of nitrogens with zero attached hydrogens (tertiary/aromatic N) is 1. The number of rotatable bonds is 5. The van der Waals surface area contributed by atoms with E-state index in [1.54, 1.807) is 24.2 Å². The molecule has 1 unspecified atom stereocenters. The van der Waals surface area contributed by atoms with Crippen LogP contribution in [0.15, 0.2) is 15.4 Å². The molecular formula is C13H22N2O3S. The Morgan fingerprint density at radius 1 is 1.47 bits per heavy atom. The van der Waals surface area contributed by atoms with Gasteiger partial charge in [-0.05, 0) is 39.3 Å². The van der Waals surface area contributed by atoms with Crippen molar-refractivity contribution in [2.24, 2.45) is 0 Å². The van der Waals surface area contributed by atoms with Crippen LogP contribution in [-0.4, -0.2) is 38.4 Å². The molecule has 1 aromatic heterocycles. The molecule has 19 heavy (non-hydrogen) atoms. The zero-order valence-corrected chi connectivity index (χ0v) is 12.6. The van der Waals surface area contributed by atoms with Crippen LogP contribution in [0.4, 0.5) is 0 Å². The van der Waals surface area contributed by atoms with Crippen LogP contribution in [0.3, 0.4) is 0 Å². The highest BCUT2D eigenvalue weighted by Gasteiger charge is 2.34. The zero-order valence-electron chi connectivity index (χ0n) is 11.8. The van der Waals surface area contributed by atoms with E-state index in [9.17, 15) is 8.42 Å². The molecule has 0 radical (unpaired) electrons. The average Bonchev–Trinajstić information content (AvgIpc) is 2.95. The largest absolute Gasteiger partial charge is 0.465 e. The van der Waals surface area contributed by atoms with Crippen molar-refractivity contribution in [1.29, 1.82) is 0 Å². The smallest absolute Gasteiger partial charge is 0.246 e. The van der Waals surface area contributed by atoms with Crippen LogP contribution in [0.25, 0.3) is 0 Å². The van der Waals surface area contributed by atoms with E-state index in [0.29, 0.717) is 23.0 Å². The van der Waals surface area contributed by atoms with E-state index >= 15 is 0 Å². The highest BCUT2D eigenvalue weighted by Crippen LogP contribution is 2.26. The number of hydrogen-bond acceptors (Lipinski definition) is 4. The molecule has 5 nitrogen and oxygen atoms in total. The molecule has 0 aliphatic carbocycles. The predicted molar refractivity (Wildman–Crippen MR) is 73.6 cm³/mol. The highest BCUT2D eigenvalue weighted by molar-refractivity contribution is 7.89. The maximum Gasteiger partial charge on any atom is 0.246 e. The second-order valence-corrected chi connectivity index (χ2v) is 6.90. The van der Waals surface area contributed by atoms with Gasteiger partial charge in [0.05, 0.1) is 0 Å². The van der Waals surface area contributed by atoms with Gasteiger partial charge in [0.2, 0.25) is 10.0 Å². The molecule has 1 N–H and O–H groups in total. The van der Waals surface area contributed by atoms with E-state index in [0.717, 1.165) is 25.9 Å². The third-order valence-electron chi connectivity index (χ3n) is 3.47. The Balaban J connectivity index is 2.36. The van der Waals surface area contributed by atoms with Crippen LogP contribution >= 0.6 is 0 Å². The summed E-state index contributed by atoms with van der Waals surface area (Å²) in [5.74, 6) is 1.11. The first-order valence-corrected chi connectivity index (χ1v) is 8.20. The van der Waals surface area contributed by atoms with Crippen LogP contribution in [0.5, 0.6) is 0 Å². The van der Waals surface area contributed by atoms with Gasteiger partial charge in [-0.25, -0.2) is 8.42 Å². The fourth-order valence-corrected chi connectivity index (χ4v) is 4.56. The fraction of sp³-hybridized carbons (Fsp3) is 0.692. The van der Waals surface area contributed by atoms with Gasteiger partial charge in [0.25, 0.3) is 0 Å². The van der Waals surface area contributed by atoms with Crippen molar-refractivity contribution >= 4 is 10.0 Å². The van der Waals surface area contributed by atoms with Crippen molar-refractivity contribution < 1.29 is 12.8 Å². The third-order valence-corrected chi connectivity index (χ3v) is 5.53. The second-order valence-electron chi connectivity index (χ2n) is 5.04. The van der Waals surface area contributed by atoms with Crippen molar-refractivity contribution in [2.75, 3.05) is 19.6 Å². The first-order chi connectivity index (χ1) is 8.96. The minimum absolute atomic E-state index is 0.0551. The van der Waals surface area contributed by atoms with Crippen molar-refractivity contribution in [3.63, 3.8) is 0 Å². The number of aryl methyl sites for hydroxylation is 2. The van der Waals surface area contributed by atoms with E-state index in [4.69, 9.17) is 4.42 Å². The molecule has 2 heterocycles. The lowest BCUT2D eigenvalue weighted by atomic mass is 10.2. The Kier molecular flexibility index (Phi) is 4.32. The van der Waals surface area contributed by atoms with Crippen molar-refractivity contribution in [3.8, 4) is 0 Å². The molecule has 1 atom stereocenters. The summed E-state index contributed by atoms with van der Waals surface area (Å²) in [5.41, 5.74) is 0. The molecule has 1 aliphatic rings. The molecule has 1 aliphatic heterocycles. The molecule has 6 heteroatoms. The number of nitrogens with one attached hydrogen (secondary N) is 1. The quantitative estimate of drug-likeness (QED) is 0.894. The van der Waals surface area contributed by atoms with E-state index in [1.165, 1.54) is 0 Å². The first kappa shape index (κ1) is 14.6. The summed E-state index contributed by atoms with van der Waals surface area (Å²) in [5, 5.41) is 3.23. The first-order valence-electron chi connectivity index (χ1n) is 6.76. The summed E-state index contributed by atoms with van der Waals surface area (Å²) in [6.45, 7) is 7.64. The minimum Gasteiger partial charge on any atom is -0.465 e. The van der Waals surface area contributed by atoms with Crippen LogP contribution in [0.1, 0.15) is 31.3 Å². The summed E-state index contributed by atoms with van der Waals surface area (Å²) < 4.78 is 32.6. The Labute approximate surface area is 115 Å². The Morgan fingerprint density at radius 2 is 2.21 bits per heavy atom. The van der Waals surface area contributed by atoms with Gasteiger partial charge in [0, 0.05) is 19.1 Å². The summed E-state index contributed by atoms with van der Waals surface area (Å²) in [6, 6.07) is 1.68. The molecule has 1 fully saturated rings. The molecule has 0 spiro atoms. The fourth-order valence-electron chi connectivity index (χ4n) is 2.59. The maximum absolute atomic E-state index is 12.8. The van der Waals surface area contributed by atoms with Gasteiger partial charge in [0.1, 0.15) is 16.4 Å². The van der Waals surface area contributed by atoms with Crippen molar-refractivity contribution in [3.05, 3.63) is 17.6 Å². The Bertz CT molecular complexity index is 530. The van der Waals surface area contributed by atoms with E-state index in [-0.39, 0.29) is 6.04 Å². The molecule has 108 valence electrons. The zero-order chi connectivity index (χ0) is 14.0. The number of hydrogen-bond donors (Lipinski definition) is 1. The van der Waals surface area contributed by atoms with Gasteiger partial charge >= 0.3 is 0 Å². The van der Waals surface area contributed by atoms with E-state index in [1.807, 2.05) is 6.92 Å². The summed E-state index contributed by atoms with van der Waals surface area (Å²) in [4.78, 5) is 0.311. The lowest BCUT2D eigenvalue weighted by molar-refractivity contribution is 0.334. The lowest BCUT2D eigenvalue weighted by Gasteiger charge is -2.26. The third kappa shape index (κ3) is 2.85. The van der Waals surface area contributed by atoms with Gasteiger partial charge in [-0.1, -0.05) is 6.92 Å². The van der Waals surface area contributed by atoms with Gasteiger partial charge in [-0.15, -0.1) is 0 Å². The summed E-state index contributed by atoms with van der Waals surface area (Å²) >= 11 is 0. The van der Waals surface area contributed by atoms with Crippen molar-refractivity contribution in [2.45, 2.75) is 44.6 Å². The molecule has 1 saturated heterocycles. The molecule has 0 saturated carbocycles. The monoisotopic (exact) mass is 286 g/mol. The van der Waals surface area contributed by atoms with E-state index < -0.39 is 10.0 Å². The Hall–Kier alpha value is -0.850. The molecular weight excluding hydrogens is 264 g/mol. The average molecular weight is 286 g/mol. The van der Waals surface area contributed by atoms with Gasteiger partial charge in [0.15, 0.2) is 0 Å². The molecule has 0 aromatic carbocycles. The van der Waals surface area contributed by atoms with Gasteiger partial charge < -0.3 is 9.73 Å². The standard InChI is InChI=1S/C13H22N2O3S/c1-4-7-15(12-5-6-14-9-12)19(16,17)13-8-10(2)18-11(13)3/h8,12,14H,4-7,9H2,1-3H3. The maximum atomic E-state index is 12.8. The second kappa shape index (κ2) is 5.64. The normalized spacial score (nSPS) is 20.3. The van der Waals surface area contributed by atoms with Crippen LogP contribution in [-0.2, 0) is 10.0 Å². The van der Waals surface area contributed by atoms with E-state index in [2.05, 4.69) is 5.32 Å². The van der Waals surface area contributed by atoms with Crippen molar-refractivity contribution in [1.82, 2.24) is 9.62 Å². The van der Waals surface area contributed by atoms with Gasteiger partial charge in [-0.3, -0.25) is 0 Å².